The fourth-order valence-electron chi connectivity index (χ4n) is 4.30. The van der Waals surface area contributed by atoms with Crippen LogP contribution in [0.2, 0.25) is 0 Å². The molecule has 1 atom stereocenters. The Morgan fingerprint density at radius 2 is 2.06 bits per heavy atom. The molecule has 174 valence electrons. The third-order valence-corrected chi connectivity index (χ3v) is 7.01. The van der Waals surface area contributed by atoms with Crippen molar-refractivity contribution >= 4 is 30.1 Å². The largest absolute Gasteiger partial charge is 0.481 e. The lowest BCUT2D eigenvalue weighted by Gasteiger charge is -2.33. The van der Waals surface area contributed by atoms with Crippen molar-refractivity contribution in [2.24, 2.45) is 11.8 Å². The van der Waals surface area contributed by atoms with Gasteiger partial charge in [0.2, 0.25) is 5.88 Å². The molecule has 2 aliphatic rings. The van der Waals surface area contributed by atoms with Gasteiger partial charge in [-0.3, -0.25) is 14.2 Å². The van der Waals surface area contributed by atoms with Gasteiger partial charge in [0.05, 0.1) is 37.4 Å². The maximum absolute atomic E-state index is 13.3. The van der Waals surface area contributed by atoms with Gasteiger partial charge >= 0.3 is 7.60 Å². The number of piperidine rings is 1. The second-order valence-corrected chi connectivity index (χ2v) is 10.1. The van der Waals surface area contributed by atoms with Crippen molar-refractivity contribution in [3.63, 3.8) is 0 Å². The molecule has 0 spiro atoms. The summed E-state index contributed by atoms with van der Waals surface area (Å²) in [6, 6.07) is 1.62. The van der Waals surface area contributed by atoms with Crippen LogP contribution < -0.4 is 15.2 Å². The number of anilines is 1. The van der Waals surface area contributed by atoms with Gasteiger partial charge in [-0.1, -0.05) is 0 Å². The molecule has 2 N–H and O–H groups in total. The molecule has 12 heteroatoms. The molecule has 32 heavy (non-hydrogen) atoms. The third-order valence-electron chi connectivity index (χ3n) is 6.17. The summed E-state index contributed by atoms with van der Waals surface area (Å²) in [6.07, 6.45) is 3.81. The van der Waals surface area contributed by atoms with Crippen LogP contribution in [0.15, 0.2) is 17.1 Å². The van der Waals surface area contributed by atoms with Gasteiger partial charge in [-0.05, 0) is 31.6 Å². The summed E-state index contributed by atoms with van der Waals surface area (Å²) in [5.74, 6) is 0.192. The molecule has 0 bridgehead atoms. The van der Waals surface area contributed by atoms with E-state index in [0.29, 0.717) is 55.0 Å². The molecule has 0 radical (unpaired) electrons. The van der Waals surface area contributed by atoms with Crippen molar-refractivity contribution in [2.45, 2.75) is 25.7 Å². The van der Waals surface area contributed by atoms with Crippen molar-refractivity contribution < 1.29 is 28.6 Å². The summed E-state index contributed by atoms with van der Waals surface area (Å²) in [5.41, 5.74) is -0.520. The quantitative estimate of drug-likeness (QED) is 0.597. The molecular weight excluding hydrogens is 439 g/mol. The molecule has 2 fully saturated rings. The molecule has 0 aromatic carbocycles. The summed E-state index contributed by atoms with van der Waals surface area (Å²) in [7, 11) is -2.52. The average Bonchev–Trinajstić information content (AvgIpc) is 3.31. The van der Waals surface area contributed by atoms with Crippen LogP contribution in [0.1, 0.15) is 30.5 Å². The summed E-state index contributed by atoms with van der Waals surface area (Å²) < 4.78 is 22.7. The van der Waals surface area contributed by atoms with Crippen molar-refractivity contribution in [1.82, 2.24) is 14.8 Å². The van der Waals surface area contributed by atoms with Crippen LogP contribution in [0.25, 0.3) is 10.8 Å². The molecule has 2 aromatic heterocycles. The summed E-state index contributed by atoms with van der Waals surface area (Å²) >= 11 is 0. The predicted octanol–water partition coefficient (Wildman–Crippen LogP) is 1.26. The van der Waals surface area contributed by atoms with Gasteiger partial charge in [-0.2, -0.15) is 14.8 Å². The van der Waals surface area contributed by atoms with Crippen LogP contribution in [0, 0.1) is 11.8 Å². The molecule has 11 nitrogen and oxygen atoms in total. The fraction of sp³-hybridized carbons (Fsp3) is 0.600. The van der Waals surface area contributed by atoms with E-state index in [1.807, 2.05) is 4.90 Å². The number of aromatic nitrogens is 3. The number of carbonyl (C=O) groups is 1. The van der Waals surface area contributed by atoms with Crippen LogP contribution in [-0.4, -0.2) is 70.0 Å². The van der Waals surface area contributed by atoms with E-state index in [2.05, 4.69) is 10.1 Å². The Morgan fingerprint density at radius 1 is 1.31 bits per heavy atom. The lowest BCUT2D eigenvalue weighted by Crippen LogP contribution is -2.37. The number of pyridine rings is 1. The Balaban J connectivity index is 1.64. The van der Waals surface area contributed by atoms with Gasteiger partial charge < -0.3 is 24.2 Å². The van der Waals surface area contributed by atoms with E-state index in [-0.39, 0.29) is 24.6 Å². The fourth-order valence-corrected chi connectivity index (χ4v) is 5.00. The molecule has 4 rings (SSSR count). The van der Waals surface area contributed by atoms with E-state index in [4.69, 9.17) is 19.3 Å². The molecule has 2 saturated heterocycles. The lowest BCUT2D eigenvalue weighted by atomic mass is 9.94. The molecule has 2 aliphatic heterocycles. The Bertz CT molecular complexity index is 1100. The van der Waals surface area contributed by atoms with E-state index < -0.39 is 19.1 Å². The highest BCUT2D eigenvalue weighted by Crippen LogP contribution is 2.38. The minimum absolute atomic E-state index is 0.124. The second-order valence-electron chi connectivity index (χ2n) is 8.32. The van der Waals surface area contributed by atoms with E-state index in [9.17, 15) is 14.2 Å². The van der Waals surface area contributed by atoms with Gasteiger partial charge in [0.25, 0.3) is 11.5 Å². The second kappa shape index (κ2) is 9.27. The zero-order valence-electron chi connectivity index (χ0n) is 17.8. The number of nitrogens with zero attached hydrogens (tertiary/aromatic N) is 4. The zero-order chi connectivity index (χ0) is 22.9. The summed E-state index contributed by atoms with van der Waals surface area (Å²) in [5, 5.41) is 4.94. The maximum Gasteiger partial charge on any atom is 0.325 e. The Hall–Kier alpha value is -2.33. The highest BCUT2D eigenvalue weighted by Gasteiger charge is 2.29. The first-order valence-corrected chi connectivity index (χ1v) is 12.4. The first kappa shape index (κ1) is 22.8. The molecule has 0 aliphatic carbocycles. The van der Waals surface area contributed by atoms with Gasteiger partial charge in [0.15, 0.2) is 0 Å². The molecular formula is C20H27N4O7P. The highest BCUT2D eigenvalue weighted by atomic mass is 31.2. The zero-order valence-corrected chi connectivity index (χ0v) is 18.7. The van der Waals surface area contributed by atoms with Crippen molar-refractivity contribution in [1.29, 1.82) is 0 Å². The van der Waals surface area contributed by atoms with E-state index in [1.165, 1.54) is 13.3 Å². The van der Waals surface area contributed by atoms with Crippen molar-refractivity contribution in [3.05, 3.63) is 22.6 Å². The minimum atomic E-state index is -4.01. The Labute approximate surface area is 184 Å². The maximum atomic E-state index is 13.3. The first-order valence-electron chi connectivity index (χ1n) is 10.7. The molecule has 0 saturated carbocycles. The van der Waals surface area contributed by atoms with Gasteiger partial charge in [-0.25, -0.2) is 0 Å². The van der Waals surface area contributed by atoms with Gasteiger partial charge in [-0.15, -0.1) is 0 Å². The van der Waals surface area contributed by atoms with Crippen LogP contribution in [0.5, 0.6) is 5.88 Å². The number of ether oxygens (including phenoxy) is 2. The van der Waals surface area contributed by atoms with E-state index >= 15 is 0 Å². The smallest absolute Gasteiger partial charge is 0.325 e. The first-order chi connectivity index (χ1) is 15.3. The van der Waals surface area contributed by atoms with Crippen LogP contribution in [-0.2, 0) is 9.30 Å². The molecule has 4 heterocycles. The summed E-state index contributed by atoms with van der Waals surface area (Å²) in [6.45, 7) is 1.92. The number of hydrogen-bond acceptors (Lipinski definition) is 8. The molecule has 1 unspecified atom stereocenters. The number of hydrogen-bond donors (Lipinski definition) is 2. The molecule has 0 amide bonds. The van der Waals surface area contributed by atoms with E-state index in [1.54, 1.807) is 6.07 Å². The minimum Gasteiger partial charge on any atom is -0.481 e. The predicted molar refractivity (Wildman–Crippen MR) is 116 cm³/mol. The third kappa shape index (κ3) is 4.85. The number of carbonyl (C=O) groups excluding carboxylic acids is 1. The monoisotopic (exact) mass is 466 g/mol. The molecule has 2 aromatic rings. The lowest BCUT2D eigenvalue weighted by molar-refractivity contribution is 0.0792. The van der Waals surface area contributed by atoms with Crippen LogP contribution in [0.3, 0.4) is 0 Å². The van der Waals surface area contributed by atoms with Crippen molar-refractivity contribution in [2.75, 3.05) is 44.5 Å². The van der Waals surface area contributed by atoms with Crippen LogP contribution in [0.4, 0.5) is 5.82 Å². The average molecular weight is 466 g/mol. The van der Waals surface area contributed by atoms with Gasteiger partial charge in [0, 0.05) is 31.1 Å². The highest BCUT2D eigenvalue weighted by molar-refractivity contribution is 7.51. The van der Waals surface area contributed by atoms with Crippen molar-refractivity contribution in [3.8, 4) is 5.88 Å². The number of fused-ring (bicyclic) bond motifs is 1. The normalized spacial score (nSPS) is 20.1. The standard InChI is InChI=1S/C20H27N4O7P/c1-30-16-10-15-11-21-24(19(25)14-4-8-31-12-14)20(26)17(15)18(22-16)23-6-2-13(3-7-23)5-9-32(27,28)29/h10-11,13-14H,2-9,12H2,1H3,(H2,27,28,29). The van der Waals surface area contributed by atoms with Crippen LogP contribution >= 0.6 is 7.60 Å². The topological polar surface area (TPSA) is 144 Å². The van der Waals surface area contributed by atoms with E-state index in [0.717, 1.165) is 17.5 Å². The SMILES string of the molecule is COc1cc2cnn(C(=O)C3CCOC3)c(=O)c2c(N2CCC(CCP(=O)(O)O)CC2)n1. The Kier molecular flexibility index (Phi) is 6.62. The Morgan fingerprint density at radius 3 is 2.69 bits per heavy atom. The van der Waals surface area contributed by atoms with Gasteiger partial charge in [0.1, 0.15) is 5.82 Å². The number of methoxy groups -OCH3 is 1. The summed E-state index contributed by atoms with van der Waals surface area (Å²) in [4.78, 5) is 50.9. The number of rotatable bonds is 6.